The van der Waals surface area contributed by atoms with Gasteiger partial charge in [-0.15, -0.1) is 0 Å². The number of rotatable bonds is 4. The normalized spacial score (nSPS) is 11.8. The Bertz CT molecular complexity index is 616. The minimum atomic E-state index is -0.242. The molecule has 0 heterocycles. The third-order valence-electron chi connectivity index (χ3n) is 3.06. The van der Waals surface area contributed by atoms with Gasteiger partial charge in [0.1, 0.15) is 5.82 Å². The van der Waals surface area contributed by atoms with Crippen LogP contribution in [0.15, 0.2) is 48.5 Å². The number of nitrogens with one attached hydrogen (secondary N) is 2. The lowest BCUT2D eigenvalue weighted by Gasteiger charge is -2.17. The van der Waals surface area contributed by atoms with Gasteiger partial charge in [0.2, 0.25) is 0 Å². The first-order valence-corrected chi connectivity index (χ1v) is 7.37. The molecule has 0 spiro atoms. The number of thiocarbonyl (C=S) groups is 1. The van der Waals surface area contributed by atoms with Crippen molar-refractivity contribution in [2.45, 2.75) is 19.5 Å². The predicted molar refractivity (Wildman–Crippen MR) is 88.8 cm³/mol. The van der Waals surface area contributed by atoms with E-state index >= 15 is 0 Å². The molecule has 2 rings (SSSR count). The van der Waals surface area contributed by atoms with E-state index in [1.165, 1.54) is 12.1 Å². The molecule has 1 atom stereocenters. The van der Waals surface area contributed by atoms with E-state index in [9.17, 15) is 4.39 Å². The Labute approximate surface area is 134 Å². The standard InChI is InChI=1S/C16H16ClFN2S/c1-11(13-3-2-4-14(17)9-13)20-16(21)19-10-12-5-7-15(18)8-6-12/h2-9,11H,10H2,1H3,(H2,19,20,21)/t11-/m1/s1. The van der Waals surface area contributed by atoms with Crippen LogP contribution in [-0.2, 0) is 6.54 Å². The lowest BCUT2D eigenvalue weighted by atomic mass is 10.1. The molecule has 5 heteroatoms. The highest BCUT2D eigenvalue weighted by molar-refractivity contribution is 7.80. The highest BCUT2D eigenvalue weighted by Crippen LogP contribution is 2.17. The van der Waals surface area contributed by atoms with Crippen molar-refractivity contribution in [2.75, 3.05) is 0 Å². The van der Waals surface area contributed by atoms with Crippen molar-refractivity contribution in [3.8, 4) is 0 Å². The van der Waals surface area contributed by atoms with Gasteiger partial charge in [0, 0.05) is 11.6 Å². The van der Waals surface area contributed by atoms with Gasteiger partial charge in [-0.25, -0.2) is 4.39 Å². The quantitative estimate of drug-likeness (QED) is 0.825. The van der Waals surface area contributed by atoms with Crippen LogP contribution in [0.4, 0.5) is 4.39 Å². The second-order valence-electron chi connectivity index (χ2n) is 4.73. The Morgan fingerprint density at radius 3 is 2.62 bits per heavy atom. The van der Waals surface area contributed by atoms with Crippen LogP contribution in [0.1, 0.15) is 24.1 Å². The zero-order valence-electron chi connectivity index (χ0n) is 11.6. The van der Waals surface area contributed by atoms with E-state index in [1.54, 1.807) is 12.1 Å². The first-order chi connectivity index (χ1) is 10.0. The van der Waals surface area contributed by atoms with E-state index in [2.05, 4.69) is 10.6 Å². The number of hydrogen-bond acceptors (Lipinski definition) is 1. The van der Waals surface area contributed by atoms with Crippen molar-refractivity contribution in [2.24, 2.45) is 0 Å². The summed E-state index contributed by atoms with van der Waals surface area (Å²) in [7, 11) is 0. The first-order valence-electron chi connectivity index (χ1n) is 6.59. The van der Waals surface area contributed by atoms with Crippen molar-refractivity contribution in [3.63, 3.8) is 0 Å². The van der Waals surface area contributed by atoms with E-state index in [0.717, 1.165) is 11.1 Å². The van der Waals surface area contributed by atoms with Gasteiger partial charge in [0.15, 0.2) is 5.11 Å². The molecule has 0 bridgehead atoms. The van der Waals surface area contributed by atoms with Crippen LogP contribution in [0.3, 0.4) is 0 Å². The van der Waals surface area contributed by atoms with Crippen LogP contribution in [0.5, 0.6) is 0 Å². The van der Waals surface area contributed by atoms with Crippen molar-refractivity contribution >= 4 is 28.9 Å². The van der Waals surface area contributed by atoms with Gasteiger partial charge in [-0.05, 0) is 54.5 Å². The SMILES string of the molecule is C[C@@H](NC(=S)NCc1ccc(F)cc1)c1cccc(Cl)c1. The first kappa shape index (κ1) is 15.7. The highest BCUT2D eigenvalue weighted by Gasteiger charge is 2.07. The van der Waals surface area contributed by atoms with Gasteiger partial charge in [-0.1, -0.05) is 35.9 Å². The van der Waals surface area contributed by atoms with Crippen molar-refractivity contribution in [1.29, 1.82) is 0 Å². The molecule has 0 aromatic heterocycles. The summed E-state index contributed by atoms with van der Waals surface area (Å²) >= 11 is 11.2. The molecule has 2 aromatic rings. The Kier molecular flexibility index (Phi) is 5.53. The largest absolute Gasteiger partial charge is 0.359 e. The van der Waals surface area contributed by atoms with E-state index < -0.39 is 0 Å². The maximum atomic E-state index is 12.8. The molecule has 0 aliphatic carbocycles. The third kappa shape index (κ3) is 4.99. The van der Waals surface area contributed by atoms with Crippen LogP contribution >= 0.6 is 23.8 Å². The van der Waals surface area contributed by atoms with E-state index in [0.29, 0.717) is 16.7 Å². The molecule has 0 aliphatic rings. The molecule has 2 aromatic carbocycles. The van der Waals surface area contributed by atoms with Gasteiger partial charge < -0.3 is 10.6 Å². The lowest BCUT2D eigenvalue weighted by molar-refractivity contribution is 0.626. The zero-order valence-corrected chi connectivity index (χ0v) is 13.1. The summed E-state index contributed by atoms with van der Waals surface area (Å²) < 4.78 is 12.8. The average molecular weight is 323 g/mol. The van der Waals surface area contributed by atoms with Crippen LogP contribution in [-0.4, -0.2) is 5.11 Å². The summed E-state index contributed by atoms with van der Waals surface area (Å²) in [5, 5.41) is 7.54. The maximum absolute atomic E-state index is 12.8. The molecule has 110 valence electrons. The van der Waals surface area contributed by atoms with E-state index in [1.807, 2.05) is 31.2 Å². The fraction of sp³-hybridized carbons (Fsp3) is 0.188. The molecule has 0 aliphatic heterocycles. The minimum absolute atomic E-state index is 0.0527. The van der Waals surface area contributed by atoms with Gasteiger partial charge in [0.25, 0.3) is 0 Å². The van der Waals surface area contributed by atoms with Gasteiger partial charge >= 0.3 is 0 Å². The number of benzene rings is 2. The molecule has 0 fully saturated rings. The number of halogens is 2. The average Bonchev–Trinajstić information content (AvgIpc) is 2.46. The fourth-order valence-electron chi connectivity index (χ4n) is 1.89. The van der Waals surface area contributed by atoms with Gasteiger partial charge in [-0.3, -0.25) is 0 Å². The van der Waals surface area contributed by atoms with Crippen molar-refractivity contribution < 1.29 is 4.39 Å². The summed E-state index contributed by atoms with van der Waals surface area (Å²) in [6.07, 6.45) is 0. The molecule has 0 radical (unpaired) electrons. The Hall–Kier alpha value is -1.65. The minimum Gasteiger partial charge on any atom is -0.359 e. The second kappa shape index (κ2) is 7.38. The fourth-order valence-corrected chi connectivity index (χ4v) is 2.34. The van der Waals surface area contributed by atoms with Crippen LogP contribution < -0.4 is 10.6 Å². The molecule has 0 saturated heterocycles. The van der Waals surface area contributed by atoms with E-state index in [4.69, 9.17) is 23.8 Å². The molecule has 0 amide bonds. The molecule has 2 nitrogen and oxygen atoms in total. The molecular weight excluding hydrogens is 307 g/mol. The summed E-state index contributed by atoms with van der Waals surface area (Å²) in [5.74, 6) is -0.242. The second-order valence-corrected chi connectivity index (χ2v) is 5.57. The summed E-state index contributed by atoms with van der Waals surface area (Å²) in [5.41, 5.74) is 2.03. The summed E-state index contributed by atoms with van der Waals surface area (Å²) in [4.78, 5) is 0. The third-order valence-corrected chi connectivity index (χ3v) is 3.56. The van der Waals surface area contributed by atoms with Crippen molar-refractivity contribution in [3.05, 3.63) is 70.5 Å². The zero-order chi connectivity index (χ0) is 15.2. The molecule has 21 heavy (non-hydrogen) atoms. The summed E-state index contributed by atoms with van der Waals surface area (Å²) in [6, 6.07) is 14.0. The lowest BCUT2D eigenvalue weighted by Crippen LogP contribution is -2.36. The Morgan fingerprint density at radius 2 is 1.95 bits per heavy atom. The van der Waals surface area contributed by atoms with Crippen LogP contribution in [0.25, 0.3) is 0 Å². The highest BCUT2D eigenvalue weighted by atomic mass is 35.5. The smallest absolute Gasteiger partial charge is 0.167 e. The van der Waals surface area contributed by atoms with Gasteiger partial charge in [0.05, 0.1) is 6.04 Å². The molecule has 2 N–H and O–H groups in total. The Balaban J connectivity index is 1.85. The summed E-state index contributed by atoms with van der Waals surface area (Å²) in [6.45, 7) is 2.56. The number of hydrogen-bond donors (Lipinski definition) is 2. The Morgan fingerprint density at radius 1 is 1.24 bits per heavy atom. The van der Waals surface area contributed by atoms with Crippen LogP contribution in [0, 0.1) is 5.82 Å². The predicted octanol–water partition coefficient (Wildman–Crippen LogP) is 4.20. The molecule has 0 saturated carbocycles. The molecular formula is C16H16ClFN2S. The topological polar surface area (TPSA) is 24.1 Å². The monoisotopic (exact) mass is 322 g/mol. The van der Waals surface area contributed by atoms with Gasteiger partial charge in [-0.2, -0.15) is 0 Å². The molecule has 0 unspecified atom stereocenters. The maximum Gasteiger partial charge on any atom is 0.167 e. The van der Waals surface area contributed by atoms with Crippen molar-refractivity contribution in [1.82, 2.24) is 10.6 Å². The van der Waals surface area contributed by atoms with Crippen LogP contribution in [0.2, 0.25) is 5.02 Å². The van der Waals surface area contributed by atoms with E-state index in [-0.39, 0.29) is 11.9 Å².